The smallest absolute Gasteiger partial charge is 0.265 e. The highest BCUT2D eigenvalue weighted by atomic mass is 16.1. The molecule has 0 fully saturated rings. The highest BCUT2D eigenvalue weighted by Gasteiger charge is 2.22. The quantitative estimate of drug-likeness (QED) is 0.448. The molecule has 0 spiro atoms. The lowest BCUT2D eigenvalue weighted by atomic mass is 10.2. The van der Waals surface area contributed by atoms with Gasteiger partial charge in [-0.25, -0.2) is 15.0 Å². The SMILES string of the molecule is Cc1cccc(-n2c3nc4ccccc4nc3c3c(=O)n(CC(C)C)c(C)nc32)c1. The van der Waals surface area contributed by atoms with Crippen LogP contribution in [0.3, 0.4) is 0 Å². The van der Waals surface area contributed by atoms with Crippen LogP contribution in [-0.2, 0) is 6.54 Å². The third-order valence-corrected chi connectivity index (χ3v) is 5.36. The van der Waals surface area contributed by atoms with E-state index in [1.807, 2.05) is 60.9 Å². The van der Waals surface area contributed by atoms with Gasteiger partial charge in [-0.15, -0.1) is 0 Å². The Morgan fingerprint density at radius 3 is 2.33 bits per heavy atom. The van der Waals surface area contributed by atoms with Crippen molar-refractivity contribution in [3.05, 3.63) is 70.3 Å². The van der Waals surface area contributed by atoms with Crippen molar-refractivity contribution in [3.63, 3.8) is 0 Å². The van der Waals surface area contributed by atoms with Crippen molar-refractivity contribution in [3.8, 4) is 5.69 Å². The highest BCUT2D eigenvalue weighted by molar-refractivity contribution is 6.05. The minimum atomic E-state index is -0.0628. The van der Waals surface area contributed by atoms with Crippen LogP contribution in [0.4, 0.5) is 0 Å². The van der Waals surface area contributed by atoms with Gasteiger partial charge in [-0.05, 0) is 49.6 Å². The van der Waals surface area contributed by atoms with Gasteiger partial charge >= 0.3 is 0 Å². The van der Waals surface area contributed by atoms with Gasteiger partial charge in [-0.1, -0.05) is 38.1 Å². The van der Waals surface area contributed by atoms with Crippen LogP contribution in [0.5, 0.6) is 0 Å². The summed E-state index contributed by atoms with van der Waals surface area (Å²) >= 11 is 0. The molecule has 0 atom stereocenters. The molecule has 0 N–H and O–H groups in total. The van der Waals surface area contributed by atoms with Crippen molar-refractivity contribution in [2.45, 2.75) is 34.2 Å². The molecule has 0 amide bonds. The fourth-order valence-corrected chi connectivity index (χ4v) is 4.02. The van der Waals surface area contributed by atoms with E-state index in [0.29, 0.717) is 40.5 Å². The van der Waals surface area contributed by atoms with Gasteiger partial charge in [0.1, 0.15) is 16.7 Å². The first-order valence-electron chi connectivity index (χ1n) is 10.2. The number of rotatable bonds is 3. The van der Waals surface area contributed by atoms with Crippen LogP contribution in [0.2, 0.25) is 0 Å². The third kappa shape index (κ3) is 2.79. The van der Waals surface area contributed by atoms with Crippen LogP contribution in [0.1, 0.15) is 25.2 Å². The standard InChI is InChI=1S/C24H23N5O/c1-14(2)13-28-16(4)25-22-20(24(28)30)21-23(27-19-11-6-5-10-18(19)26-21)29(22)17-9-7-8-15(3)12-17/h5-12,14H,13H2,1-4H3. The number of aryl methyl sites for hydroxylation is 2. The number of nitrogens with zero attached hydrogens (tertiary/aromatic N) is 5. The first-order chi connectivity index (χ1) is 14.4. The average molecular weight is 397 g/mol. The Hall–Kier alpha value is -3.54. The summed E-state index contributed by atoms with van der Waals surface area (Å²) in [4.78, 5) is 28.2. The molecular formula is C24H23N5O. The zero-order valence-electron chi connectivity index (χ0n) is 17.5. The van der Waals surface area contributed by atoms with Crippen LogP contribution >= 0.6 is 0 Å². The number of hydrogen-bond donors (Lipinski definition) is 0. The van der Waals surface area contributed by atoms with Gasteiger partial charge in [0.25, 0.3) is 5.56 Å². The molecule has 0 unspecified atom stereocenters. The van der Waals surface area contributed by atoms with Crippen LogP contribution in [0.15, 0.2) is 53.3 Å². The van der Waals surface area contributed by atoms with Crippen molar-refractivity contribution < 1.29 is 0 Å². The van der Waals surface area contributed by atoms with E-state index in [9.17, 15) is 4.79 Å². The molecule has 2 aromatic carbocycles. The fraction of sp³-hybridized carbons (Fsp3) is 0.250. The Morgan fingerprint density at radius 1 is 0.900 bits per heavy atom. The molecule has 0 aliphatic rings. The Balaban J connectivity index is 2.00. The van der Waals surface area contributed by atoms with Crippen molar-refractivity contribution >= 4 is 33.2 Å². The van der Waals surface area contributed by atoms with E-state index in [4.69, 9.17) is 15.0 Å². The Kier molecular flexibility index (Phi) is 4.17. The normalized spacial score (nSPS) is 11.9. The first-order valence-corrected chi connectivity index (χ1v) is 10.2. The van der Waals surface area contributed by atoms with Crippen LogP contribution in [0, 0.1) is 19.8 Å². The van der Waals surface area contributed by atoms with Gasteiger partial charge in [0.15, 0.2) is 11.3 Å². The second-order valence-corrected chi connectivity index (χ2v) is 8.23. The molecular weight excluding hydrogens is 374 g/mol. The van der Waals surface area contributed by atoms with E-state index in [2.05, 4.69) is 19.9 Å². The lowest BCUT2D eigenvalue weighted by Crippen LogP contribution is -2.26. The van der Waals surface area contributed by atoms with Gasteiger partial charge < -0.3 is 0 Å². The molecule has 3 aromatic heterocycles. The predicted octanol–water partition coefficient (Wildman–Crippen LogP) is 4.56. The van der Waals surface area contributed by atoms with E-state index in [-0.39, 0.29) is 5.56 Å². The number of benzene rings is 2. The van der Waals surface area contributed by atoms with E-state index in [1.54, 1.807) is 4.57 Å². The summed E-state index contributed by atoms with van der Waals surface area (Å²) in [6.45, 7) is 8.75. The number of para-hydroxylation sites is 2. The summed E-state index contributed by atoms with van der Waals surface area (Å²) in [5.74, 6) is 1.03. The largest absolute Gasteiger partial charge is 0.296 e. The molecule has 30 heavy (non-hydrogen) atoms. The topological polar surface area (TPSA) is 65.6 Å². The Labute approximate surface area is 173 Å². The second kappa shape index (κ2) is 6.76. The van der Waals surface area contributed by atoms with Crippen molar-refractivity contribution in [1.29, 1.82) is 0 Å². The molecule has 6 nitrogen and oxygen atoms in total. The summed E-state index contributed by atoms with van der Waals surface area (Å²) in [5, 5.41) is 0.524. The molecule has 0 saturated heterocycles. The fourth-order valence-electron chi connectivity index (χ4n) is 4.02. The summed E-state index contributed by atoms with van der Waals surface area (Å²) in [7, 11) is 0. The van der Waals surface area contributed by atoms with Gasteiger partial charge in [0.2, 0.25) is 0 Å². The molecule has 5 rings (SSSR count). The van der Waals surface area contributed by atoms with Gasteiger partial charge in [-0.2, -0.15) is 0 Å². The van der Waals surface area contributed by atoms with Crippen LogP contribution < -0.4 is 5.56 Å². The molecule has 0 bridgehead atoms. The number of aromatic nitrogens is 5. The molecule has 6 heteroatoms. The Morgan fingerprint density at radius 2 is 1.63 bits per heavy atom. The van der Waals surface area contributed by atoms with E-state index < -0.39 is 0 Å². The zero-order chi connectivity index (χ0) is 21.0. The average Bonchev–Trinajstić information content (AvgIpc) is 3.02. The monoisotopic (exact) mass is 397 g/mol. The van der Waals surface area contributed by atoms with Crippen molar-refractivity contribution in [2.24, 2.45) is 5.92 Å². The minimum absolute atomic E-state index is 0.0628. The van der Waals surface area contributed by atoms with Crippen molar-refractivity contribution in [2.75, 3.05) is 0 Å². The van der Waals surface area contributed by atoms with Gasteiger partial charge in [-0.3, -0.25) is 13.9 Å². The Bertz CT molecular complexity index is 1490. The van der Waals surface area contributed by atoms with Gasteiger partial charge in [0.05, 0.1) is 11.0 Å². The summed E-state index contributed by atoms with van der Waals surface area (Å²) in [6.07, 6.45) is 0. The molecule has 150 valence electrons. The van der Waals surface area contributed by atoms with Crippen LogP contribution in [0.25, 0.3) is 38.9 Å². The minimum Gasteiger partial charge on any atom is -0.296 e. The number of hydrogen-bond acceptors (Lipinski definition) is 4. The van der Waals surface area contributed by atoms with Gasteiger partial charge in [0, 0.05) is 12.2 Å². The zero-order valence-corrected chi connectivity index (χ0v) is 17.5. The first kappa shape index (κ1) is 18.5. The van der Waals surface area contributed by atoms with E-state index in [0.717, 1.165) is 22.3 Å². The molecule has 0 aliphatic heterocycles. The maximum Gasteiger partial charge on any atom is 0.265 e. The lowest BCUT2D eigenvalue weighted by Gasteiger charge is -2.12. The summed E-state index contributed by atoms with van der Waals surface area (Å²) in [6, 6.07) is 15.9. The second-order valence-electron chi connectivity index (χ2n) is 8.23. The predicted molar refractivity (Wildman–Crippen MR) is 120 cm³/mol. The molecule has 3 heterocycles. The third-order valence-electron chi connectivity index (χ3n) is 5.36. The van der Waals surface area contributed by atoms with Crippen LogP contribution in [-0.4, -0.2) is 24.1 Å². The summed E-state index contributed by atoms with van der Waals surface area (Å²) < 4.78 is 3.72. The van der Waals surface area contributed by atoms with E-state index in [1.165, 1.54) is 0 Å². The molecule has 0 radical (unpaired) electrons. The van der Waals surface area contributed by atoms with E-state index >= 15 is 0 Å². The van der Waals surface area contributed by atoms with Crippen molar-refractivity contribution in [1.82, 2.24) is 24.1 Å². The molecule has 0 saturated carbocycles. The maximum atomic E-state index is 13.6. The number of fused-ring (bicyclic) bond motifs is 4. The summed E-state index contributed by atoms with van der Waals surface area (Å²) in [5.41, 5.74) is 5.40. The molecule has 0 aliphatic carbocycles. The highest BCUT2D eigenvalue weighted by Crippen LogP contribution is 2.29. The maximum absolute atomic E-state index is 13.6. The molecule has 5 aromatic rings. The lowest BCUT2D eigenvalue weighted by molar-refractivity contribution is 0.498.